The molecule has 0 aliphatic carbocycles. The lowest BCUT2D eigenvalue weighted by Crippen LogP contribution is -2.13. The van der Waals surface area contributed by atoms with Crippen molar-refractivity contribution in [1.82, 2.24) is 10.2 Å². The molecule has 9 heteroatoms. The Morgan fingerprint density at radius 3 is 2.92 bits per heavy atom. The second-order valence-corrected chi connectivity index (χ2v) is 7.34. The van der Waals surface area contributed by atoms with Crippen LogP contribution < -0.4 is 10.1 Å². The summed E-state index contributed by atoms with van der Waals surface area (Å²) in [5.74, 6) is 0.815. The molecule has 1 amide bonds. The fourth-order valence-electron chi connectivity index (χ4n) is 2.11. The van der Waals surface area contributed by atoms with Crippen molar-refractivity contribution in [2.45, 2.75) is 5.22 Å². The Balaban J connectivity index is 1.64. The van der Waals surface area contributed by atoms with Gasteiger partial charge in [-0.2, -0.15) is 0 Å². The van der Waals surface area contributed by atoms with Gasteiger partial charge in [0, 0.05) is 15.2 Å². The summed E-state index contributed by atoms with van der Waals surface area (Å²) in [5.41, 5.74) is 1.30. The first kappa shape index (κ1) is 18.8. The second-order valence-electron chi connectivity index (χ2n) is 5.06. The lowest BCUT2D eigenvalue weighted by atomic mass is 10.2. The molecule has 1 aromatic heterocycles. The molecular formula is C17H13BrClN3O3S. The van der Waals surface area contributed by atoms with Gasteiger partial charge in [-0.05, 0) is 36.4 Å². The summed E-state index contributed by atoms with van der Waals surface area (Å²) in [6.45, 7) is 0. The van der Waals surface area contributed by atoms with Gasteiger partial charge in [-0.3, -0.25) is 4.79 Å². The van der Waals surface area contributed by atoms with Gasteiger partial charge in [0.2, 0.25) is 5.91 Å². The maximum atomic E-state index is 12.0. The third-order valence-electron chi connectivity index (χ3n) is 3.23. The fourth-order valence-corrected chi connectivity index (χ4v) is 3.25. The van der Waals surface area contributed by atoms with Gasteiger partial charge in [0.05, 0.1) is 18.4 Å². The molecule has 1 heterocycles. The molecule has 0 aliphatic heterocycles. The summed E-state index contributed by atoms with van der Waals surface area (Å²) in [7, 11) is 1.55. The number of nitrogens with one attached hydrogen (secondary N) is 1. The number of amides is 1. The molecule has 0 saturated carbocycles. The normalized spacial score (nSPS) is 10.6. The number of carbonyl (C=O) groups is 1. The van der Waals surface area contributed by atoms with Gasteiger partial charge < -0.3 is 14.5 Å². The quantitative estimate of drug-likeness (QED) is 0.534. The zero-order valence-corrected chi connectivity index (χ0v) is 16.7. The Morgan fingerprint density at radius 1 is 1.31 bits per heavy atom. The Kier molecular flexibility index (Phi) is 6.18. The minimum Gasteiger partial charge on any atom is -0.496 e. The zero-order chi connectivity index (χ0) is 18.5. The molecule has 0 aliphatic rings. The Labute approximate surface area is 167 Å². The van der Waals surface area contributed by atoms with Crippen LogP contribution in [0.5, 0.6) is 5.75 Å². The lowest BCUT2D eigenvalue weighted by molar-refractivity contribution is -0.113. The number of halogens is 2. The third kappa shape index (κ3) is 4.78. The molecule has 0 unspecified atom stereocenters. The number of rotatable bonds is 6. The Morgan fingerprint density at radius 2 is 2.15 bits per heavy atom. The highest BCUT2D eigenvalue weighted by atomic mass is 79.9. The van der Waals surface area contributed by atoms with Gasteiger partial charge in [-0.1, -0.05) is 45.4 Å². The van der Waals surface area contributed by atoms with Crippen LogP contribution in [0.4, 0.5) is 5.69 Å². The molecule has 0 fully saturated rings. The SMILES string of the molecule is COc1ccc(Cl)cc1-c1nnc(SCC(=O)Nc2cccc(Br)c2)o1. The number of ether oxygens (including phenoxy) is 1. The first-order valence-electron chi connectivity index (χ1n) is 7.41. The number of hydrogen-bond donors (Lipinski definition) is 1. The number of thioether (sulfide) groups is 1. The van der Waals surface area contributed by atoms with Crippen LogP contribution in [0.15, 0.2) is 56.6 Å². The smallest absolute Gasteiger partial charge is 0.277 e. The highest BCUT2D eigenvalue weighted by molar-refractivity contribution is 9.10. The van der Waals surface area contributed by atoms with Crippen molar-refractivity contribution in [2.75, 3.05) is 18.2 Å². The molecule has 2 aromatic carbocycles. The van der Waals surface area contributed by atoms with E-state index in [2.05, 4.69) is 31.4 Å². The van der Waals surface area contributed by atoms with E-state index in [1.165, 1.54) is 0 Å². The maximum absolute atomic E-state index is 12.0. The first-order valence-corrected chi connectivity index (χ1v) is 9.56. The summed E-state index contributed by atoms with van der Waals surface area (Å²) in [4.78, 5) is 12.0. The molecule has 0 spiro atoms. The van der Waals surface area contributed by atoms with Crippen LogP contribution in [-0.4, -0.2) is 29.0 Å². The summed E-state index contributed by atoms with van der Waals surface area (Å²) in [6, 6.07) is 12.5. The average Bonchev–Trinajstić information content (AvgIpc) is 3.09. The number of nitrogens with zero attached hydrogens (tertiary/aromatic N) is 2. The molecule has 26 heavy (non-hydrogen) atoms. The molecule has 0 saturated heterocycles. The van der Waals surface area contributed by atoms with Gasteiger partial charge in [0.1, 0.15) is 5.75 Å². The maximum Gasteiger partial charge on any atom is 0.277 e. The van der Waals surface area contributed by atoms with E-state index >= 15 is 0 Å². The minimum absolute atomic E-state index is 0.140. The van der Waals surface area contributed by atoms with Crippen LogP contribution in [0, 0.1) is 0 Å². The number of aromatic nitrogens is 2. The van der Waals surface area contributed by atoms with E-state index in [0.29, 0.717) is 22.0 Å². The molecule has 134 valence electrons. The van der Waals surface area contributed by atoms with E-state index in [4.69, 9.17) is 20.8 Å². The van der Waals surface area contributed by atoms with Crippen molar-refractivity contribution in [3.63, 3.8) is 0 Å². The predicted molar refractivity (Wildman–Crippen MR) is 105 cm³/mol. The van der Waals surface area contributed by atoms with Crippen molar-refractivity contribution in [1.29, 1.82) is 0 Å². The Bertz CT molecular complexity index is 935. The van der Waals surface area contributed by atoms with E-state index < -0.39 is 0 Å². The Hall–Kier alpha value is -2.03. The van der Waals surface area contributed by atoms with Crippen LogP contribution >= 0.6 is 39.3 Å². The van der Waals surface area contributed by atoms with E-state index in [0.717, 1.165) is 16.2 Å². The summed E-state index contributed by atoms with van der Waals surface area (Å²) in [5, 5.41) is 11.6. The molecule has 0 atom stereocenters. The molecular weight excluding hydrogens is 442 g/mol. The fraction of sp³-hybridized carbons (Fsp3) is 0.118. The number of hydrogen-bond acceptors (Lipinski definition) is 6. The average molecular weight is 455 g/mol. The molecule has 3 aromatic rings. The van der Waals surface area contributed by atoms with Crippen LogP contribution in [0.2, 0.25) is 5.02 Å². The van der Waals surface area contributed by atoms with Gasteiger partial charge in [-0.25, -0.2) is 0 Å². The predicted octanol–water partition coefficient (Wildman–Crippen LogP) is 4.89. The van der Waals surface area contributed by atoms with E-state index in [-0.39, 0.29) is 22.8 Å². The minimum atomic E-state index is -0.173. The number of anilines is 1. The van der Waals surface area contributed by atoms with Crippen LogP contribution in [-0.2, 0) is 4.79 Å². The van der Waals surface area contributed by atoms with Crippen LogP contribution in [0.25, 0.3) is 11.5 Å². The number of carbonyl (C=O) groups excluding carboxylic acids is 1. The van der Waals surface area contributed by atoms with Gasteiger partial charge in [-0.15, -0.1) is 10.2 Å². The molecule has 0 bridgehead atoms. The summed E-state index contributed by atoms with van der Waals surface area (Å²) >= 11 is 10.5. The van der Waals surface area contributed by atoms with Gasteiger partial charge in [0.15, 0.2) is 0 Å². The molecule has 6 nitrogen and oxygen atoms in total. The monoisotopic (exact) mass is 453 g/mol. The highest BCUT2D eigenvalue weighted by Crippen LogP contribution is 2.33. The molecule has 0 radical (unpaired) electrons. The van der Waals surface area contributed by atoms with Crippen LogP contribution in [0.3, 0.4) is 0 Å². The number of benzene rings is 2. The molecule has 1 N–H and O–H groups in total. The van der Waals surface area contributed by atoms with E-state index in [9.17, 15) is 4.79 Å². The van der Waals surface area contributed by atoms with Crippen molar-refractivity contribution >= 4 is 50.9 Å². The highest BCUT2D eigenvalue weighted by Gasteiger charge is 2.15. The van der Waals surface area contributed by atoms with Crippen molar-refractivity contribution in [3.8, 4) is 17.2 Å². The lowest BCUT2D eigenvalue weighted by Gasteiger charge is -2.05. The van der Waals surface area contributed by atoms with Crippen LogP contribution in [0.1, 0.15) is 0 Å². The standard InChI is InChI=1S/C17H13BrClN3O3S/c1-24-14-6-5-11(19)8-13(14)16-21-22-17(25-16)26-9-15(23)20-12-4-2-3-10(18)7-12/h2-8H,9H2,1H3,(H,20,23). The van der Waals surface area contributed by atoms with Gasteiger partial charge >= 0.3 is 0 Å². The second kappa shape index (κ2) is 8.57. The first-order chi connectivity index (χ1) is 12.5. The largest absolute Gasteiger partial charge is 0.496 e. The van der Waals surface area contributed by atoms with E-state index in [1.54, 1.807) is 25.3 Å². The summed E-state index contributed by atoms with van der Waals surface area (Å²) in [6.07, 6.45) is 0. The van der Waals surface area contributed by atoms with Crippen molar-refractivity contribution in [2.24, 2.45) is 0 Å². The van der Waals surface area contributed by atoms with E-state index in [1.807, 2.05) is 24.3 Å². The summed E-state index contributed by atoms with van der Waals surface area (Å²) < 4.78 is 11.8. The van der Waals surface area contributed by atoms with Gasteiger partial charge in [0.25, 0.3) is 11.1 Å². The topological polar surface area (TPSA) is 77.2 Å². The zero-order valence-electron chi connectivity index (χ0n) is 13.5. The van der Waals surface area contributed by atoms with Crippen molar-refractivity contribution in [3.05, 3.63) is 52.0 Å². The number of methoxy groups -OCH3 is 1. The third-order valence-corrected chi connectivity index (χ3v) is 4.78. The van der Waals surface area contributed by atoms with Crippen molar-refractivity contribution < 1.29 is 13.9 Å². The molecule has 3 rings (SSSR count).